The third kappa shape index (κ3) is 6.63. The quantitative estimate of drug-likeness (QED) is 0.506. The van der Waals surface area contributed by atoms with Crippen LogP contribution in [0, 0.1) is 10.1 Å². The molecule has 0 bridgehead atoms. The van der Waals surface area contributed by atoms with Crippen LogP contribution in [0.25, 0.3) is 0 Å². The first-order chi connectivity index (χ1) is 13.6. The molecule has 0 saturated heterocycles. The first-order valence-corrected chi connectivity index (χ1v) is 8.53. The molecule has 0 aliphatic carbocycles. The highest BCUT2D eigenvalue weighted by molar-refractivity contribution is 5.95. The van der Waals surface area contributed by atoms with E-state index >= 15 is 0 Å². The lowest BCUT2D eigenvalue weighted by atomic mass is 10.1. The minimum Gasteiger partial charge on any atom is -0.468 e. The molecule has 29 heavy (non-hydrogen) atoms. The van der Waals surface area contributed by atoms with E-state index < -0.39 is 23.6 Å². The average Bonchev–Trinajstić information content (AvgIpc) is 2.64. The molecule has 0 saturated carbocycles. The number of ether oxygens (including phenoxy) is 1. The van der Waals surface area contributed by atoms with E-state index in [0.717, 1.165) is 6.07 Å². The molecule has 1 heterocycles. The van der Waals surface area contributed by atoms with E-state index in [9.17, 15) is 28.1 Å². The first-order valence-electron chi connectivity index (χ1n) is 8.53. The second-order valence-corrected chi connectivity index (χ2v) is 6.34. The maximum absolute atomic E-state index is 12.4. The number of aromatic nitrogens is 1. The molecule has 1 aromatic heterocycles. The Hall–Kier alpha value is -3.37. The summed E-state index contributed by atoms with van der Waals surface area (Å²) in [5.74, 6) is -0.683. The summed E-state index contributed by atoms with van der Waals surface area (Å²) in [6.07, 6.45) is -3.24. The van der Waals surface area contributed by atoms with Crippen molar-refractivity contribution in [2.75, 3.05) is 11.9 Å². The van der Waals surface area contributed by atoms with Crippen LogP contribution in [0.1, 0.15) is 29.8 Å². The summed E-state index contributed by atoms with van der Waals surface area (Å²) in [5.41, 5.74) is 0.156. The van der Waals surface area contributed by atoms with Crippen molar-refractivity contribution in [1.29, 1.82) is 0 Å². The van der Waals surface area contributed by atoms with Crippen molar-refractivity contribution < 1.29 is 27.6 Å². The molecule has 2 aromatic rings. The van der Waals surface area contributed by atoms with E-state index in [0.29, 0.717) is 0 Å². The number of hydrogen-bond donors (Lipinski definition) is 2. The zero-order valence-electron chi connectivity index (χ0n) is 15.6. The number of anilines is 1. The van der Waals surface area contributed by atoms with E-state index in [2.05, 4.69) is 15.6 Å². The van der Waals surface area contributed by atoms with Gasteiger partial charge in [0, 0.05) is 36.0 Å². The van der Waals surface area contributed by atoms with Gasteiger partial charge >= 0.3 is 6.18 Å². The summed E-state index contributed by atoms with van der Waals surface area (Å²) < 4.78 is 41.8. The van der Waals surface area contributed by atoms with Crippen LogP contribution in [0.3, 0.4) is 0 Å². The molecule has 0 aliphatic rings. The van der Waals surface area contributed by atoms with Crippen molar-refractivity contribution in [3.63, 3.8) is 0 Å². The third-order valence-corrected chi connectivity index (χ3v) is 3.57. The molecule has 0 radical (unpaired) electrons. The number of nitrogens with zero attached hydrogens (tertiary/aromatic N) is 2. The number of nitro groups is 1. The summed E-state index contributed by atoms with van der Waals surface area (Å²) in [4.78, 5) is 26.5. The Bertz CT molecular complexity index is 888. The lowest BCUT2D eigenvalue weighted by Gasteiger charge is -2.13. The second kappa shape index (κ2) is 9.22. The van der Waals surface area contributed by atoms with Crippen LogP contribution < -0.4 is 15.4 Å². The molecule has 1 amide bonds. The summed E-state index contributed by atoms with van der Waals surface area (Å²) >= 11 is 0. The number of rotatable bonds is 8. The molecule has 0 fully saturated rings. The van der Waals surface area contributed by atoms with Gasteiger partial charge in [-0.05, 0) is 32.0 Å². The van der Waals surface area contributed by atoms with E-state index in [1.54, 1.807) is 13.8 Å². The fourth-order valence-electron chi connectivity index (χ4n) is 2.35. The highest BCUT2D eigenvalue weighted by Gasteiger charge is 2.29. The van der Waals surface area contributed by atoms with Gasteiger partial charge < -0.3 is 15.4 Å². The van der Waals surface area contributed by atoms with Gasteiger partial charge in [-0.2, -0.15) is 13.2 Å². The molecule has 2 N–H and O–H groups in total. The Kier molecular flexibility index (Phi) is 6.97. The topological polar surface area (TPSA) is 106 Å². The summed E-state index contributed by atoms with van der Waals surface area (Å²) in [6.45, 7) is 1.94. The van der Waals surface area contributed by atoms with Crippen LogP contribution in [0.5, 0.6) is 5.88 Å². The van der Waals surface area contributed by atoms with Crippen molar-refractivity contribution in [2.45, 2.75) is 32.6 Å². The molecule has 8 nitrogen and oxygen atoms in total. The van der Waals surface area contributed by atoms with Crippen molar-refractivity contribution in [2.24, 2.45) is 0 Å². The average molecular weight is 412 g/mol. The number of pyridine rings is 1. The van der Waals surface area contributed by atoms with Gasteiger partial charge in [-0.1, -0.05) is 6.07 Å². The Morgan fingerprint density at radius 3 is 2.66 bits per heavy atom. The van der Waals surface area contributed by atoms with E-state index in [1.807, 2.05) is 0 Å². The highest BCUT2D eigenvalue weighted by atomic mass is 19.4. The number of halogens is 3. The number of carbonyl (C=O) groups is 1. The first kappa shape index (κ1) is 21.9. The molecule has 156 valence electrons. The maximum Gasteiger partial charge on any atom is 0.422 e. The summed E-state index contributed by atoms with van der Waals surface area (Å²) in [5, 5.41) is 16.8. The molecule has 1 aromatic carbocycles. The highest BCUT2D eigenvalue weighted by Crippen LogP contribution is 2.27. The van der Waals surface area contributed by atoms with Gasteiger partial charge in [0.15, 0.2) is 6.61 Å². The molecular formula is C18H19F3N4O4. The van der Waals surface area contributed by atoms with Gasteiger partial charge in [0.2, 0.25) is 5.88 Å². The Morgan fingerprint density at radius 2 is 2.03 bits per heavy atom. The van der Waals surface area contributed by atoms with Crippen molar-refractivity contribution in [3.8, 4) is 5.88 Å². The smallest absolute Gasteiger partial charge is 0.422 e. The SMILES string of the molecule is CC(C)NC(=O)c1ccc(NCc2cccnc2OCC(F)(F)F)c([N+](=O)[O-])c1. The van der Waals surface area contributed by atoms with Crippen LogP contribution in [0.4, 0.5) is 24.5 Å². The molecule has 2 rings (SSSR count). The van der Waals surface area contributed by atoms with E-state index in [4.69, 9.17) is 4.74 Å². The Balaban J connectivity index is 2.18. The van der Waals surface area contributed by atoms with Crippen molar-refractivity contribution >= 4 is 17.3 Å². The minimum atomic E-state index is -4.52. The predicted molar refractivity (Wildman–Crippen MR) is 98.8 cm³/mol. The van der Waals surface area contributed by atoms with Gasteiger partial charge in [0.05, 0.1) is 4.92 Å². The number of nitrogens with one attached hydrogen (secondary N) is 2. The summed E-state index contributed by atoms with van der Waals surface area (Å²) in [6, 6.07) is 6.76. The lowest BCUT2D eigenvalue weighted by molar-refractivity contribution is -0.384. The monoisotopic (exact) mass is 412 g/mol. The van der Waals surface area contributed by atoms with Crippen LogP contribution in [0.2, 0.25) is 0 Å². The zero-order chi connectivity index (χ0) is 21.6. The van der Waals surface area contributed by atoms with Crippen molar-refractivity contribution in [3.05, 3.63) is 57.8 Å². The van der Waals surface area contributed by atoms with Crippen LogP contribution in [0.15, 0.2) is 36.5 Å². The number of carbonyl (C=O) groups excluding carboxylic acids is 1. The zero-order valence-corrected chi connectivity index (χ0v) is 15.6. The van der Waals surface area contributed by atoms with Gasteiger partial charge in [-0.25, -0.2) is 4.98 Å². The van der Waals surface area contributed by atoms with Crippen LogP contribution in [-0.2, 0) is 6.54 Å². The standard InChI is InChI=1S/C18H19F3N4O4/c1-11(2)24-16(26)12-5-6-14(15(8-12)25(27)28)23-9-13-4-3-7-22-17(13)29-10-18(19,20)21/h3-8,11,23H,9-10H2,1-2H3,(H,24,26). The molecular weight excluding hydrogens is 393 g/mol. The number of amides is 1. The van der Waals surface area contributed by atoms with E-state index in [1.165, 1.54) is 30.5 Å². The van der Waals surface area contributed by atoms with Crippen LogP contribution in [-0.4, -0.2) is 34.6 Å². The second-order valence-electron chi connectivity index (χ2n) is 6.34. The predicted octanol–water partition coefficient (Wildman–Crippen LogP) is 3.68. The fraction of sp³-hybridized carbons (Fsp3) is 0.333. The fourth-order valence-corrected chi connectivity index (χ4v) is 2.35. The summed E-state index contributed by atoms with van der Waals surface area (Å²) in [7, 11) is 0. The van der Waals surface area contributed by atoms with E-state index in [-0.39, 0.29) is 41.0 Å². The lowest BCUT2D eigenvalue weighted by Crippen LogP contribution is -2.30. The maximum atomic E-state index is 12.4. The Labute approximate surface area is 164 Å². The number of nitro benzene ring substituents is 1. The normalized spacial score (nSPS) is 11.2. The Morgan fingerprint density at radius 1 is 1.31 bits per heavy atom. The number of benzene rings is 1. The van der Waals surface area contributed by atoms with Crippen molar-refractivity contribution in [1.82, 2.24) is 10.3 Å². The van der Waals surface area contributed by atoms with Gasteiger partial charge in [-0.15, -0.1) is 0 Å². The number of alkyl halides is 3. The third-order valence-electron chi connectivity index (χ3n) is 3.57. The van der Waals surface area contributed by atoms with Gasteiger partial charge in [-0.3, -0.25) is 14.9 Å². The minimum absolute atomic E-state index is 0.0700. The largest absolute Gasteiger partial charge is 0.468 e. The molecule has 0 atom stereocenters. The molecule has 0 spiro atoms. The molecule has 0 aliphatic heterocycles. The molecule has 11 heteroatoms. The molecule has 0 unspecified atom stereocenters. The van der Waals surface area contributed by atoms with Gasteiger partial charge in [0.25, 0.3) is 11.6 Å². The van der Waals surface area contributed by atoms with Crippen LogP contribution >= 0.6 is 0 Å². The number of hydrogen-bond acceptors (Lipinski definition) is 6. The van der Waals surface area contributed by atoms with Gasteiger partial charge in [0.1, 0.15) is 5.69 Å².